The maximum absolute atomic E-state index is 11.7. The third-order valence-corrected chi connectivity index (χ3v) is 6.96. The highest BCUT2D eigenvalue weighted by Crippen LogP contribution is 2.61. The second-order valence-electron chi connectivity index (χ2n) is 8.37. The minimum absolute atomic E-state index is 0.141. The summed E-state index contributed by atoms with van der Waals surface area (Å²) in [5, 5.41) is 0. The number of carbonyl (C=O) groups is 1. The summed E-state index contributed by atoms with van der Waals surface area (Å²) < 4.78 is 0. The van der Waals surface area contributed by atoms with Crippen molar-refractivity contribution in [2.24, 2.45) is 22.7 Å². The molecule has 3 unspecified atom stereocenters. The van der Waals surface area contributed by atoms with Crippen LogP contribution in [0.25, 0.3) is 0 Å². The van der Waals surface area contributed by atoms with Crippen LogP contribution in [0.4, 0.5) is 0 Å². The molecular formula is C20H26O. The lowest BCUT2D eigenvalue weighted by Gasteiger charge is -2.50. The Balaban J connectivity index is 1.75. The monoisotopic (exact) mass is 282 g/mol. The van der Waals surface area contributed by atoms with Crippen LogP contribution in [-0.2, 0) is 4.79 Å². The van der Waals surface area contributed by atoms with E-state index < -0.39 is 0 Å². The molecule has 1 heteroatoms. The third kappa shape index (κ3) is 1.79. The molecule has 0 amide bonds. The van der Waals surface area contributed by atoms with Crippen molar-refractivity contribution in [1.82, 2.24) is 0 Å². The van der Waals surface area contributed by atoms with Gasteiger partial charge in [-0.2, -0.15) is 0 Å². The van der Waals surface area contributed by atoms with E-state index in [1.165, 1.54) is 37.7 Å². The molecule has 0 radical (unpaired) electrons. The van der Waals surface area contributed by atoms with Gasteiger partial charge in [-0.15, -0.1) is 0 Å². The fourth-order valence-corrected chi connectivity index (χ4v) is 5.68. The molecule has 0 aromatic rings. The van der Waals surface area contributed by atoms with E-state index in [4.69, 9.17) is 0 Å². The Morgan fingerprint density at radius 2 is 1.90 bits per heavy atom. The molecule has 1 saturated carbocycles. The predicted octanol–water partition coefficient (Wildman–Crippen LogP) is 4.99. The first-order valence-corrected chi connectivity index (χ1v) is 8.58. The number of fused-ring (bicyclic) bond motifs is 4. The molecule has 4 aliphatic carbocycles. The van der Waals surface area contributed by atoms with Crippen LogP contribution in [0.15, 0.2) is 34.9 Å². The van der Waals surface area contributed by atoms with Crippen LogP contribution >= 0.6 is 0 Å². The van der Waals surface area contributed by atoms with Crippen molar-refractivity contribution < 1.29 is 4.79 Å². The molecule has 0 aromatic carbocycles. The van der Waals surface area contributed by atoms with Gasteiger partial charge in [0.2, 0.25) is 0 Å². The number of hydrogen-bond acceptors (Lipinski definition) is 1. The lowest BCUT2D eigenvalue weighted by Crippen LogP contribution is -2.41. The quantitative estimate of drug-likeness (QED) is 0.572. The lowest BCUT2D eigenvalue weighted by molar-refractivity contribution is -0.110. The molecule has 0 aliphatic heterocycles. The molecule has 0 N–H and O–H groups in total. The van der Waals surface area contributed by atoms with Gasteiger partial charge < -0.3 is 0 Å². The Morgan fingerprint density at radius 3 is 2.71 bits per heavy atom. The minimum atomic E-state index is 0.141. The Kier molecular flexibility index (Phi) is 2.72. The summed E-state index contributed by atoms with van der Waals surface area (Å²) in [4.78, 5) is 11.7. The van der Waals surface area contributed by atoms with Gasteiger partial charge in [-0.05, 0) is 67.9 Å². The number of rotatable bonds is 0. The largest absolute Gasteiger partial charge is 0.290 e. The van der Waals surface area contributed by atoms with Crippen LogP contribution in [0.1, 0.15) is 59.3 Å². The van der Waals surface area contributed by atoms with Crippen LogP contribution in [0, 0.1) is 22.7 Å². The van der Waals surface area contributed by atoms with Crippen molar-refractivity contribution in [2.45, 2.75) is 59.3 Å². The summed E-state index contributed by atoms with van der Waals surface area (Å²) >= 11 is 0. The third-order valence-electron chi connectivity index (χ3n) is 6.96. The molecule has 1 fully saturated rings. The summed E-state index contributed by atoms with van der Waals surface area (Å²) in [6.07, 6.45) is 13.6. The first-order valence-electron chi connectivity index (χ1n) is 8.58. The molecule has 3 atom stereocenters. The zero-order valence-corrected chi connectivity index (χ0v) is 13.5. The van der Waals surface area contributed by atoms with Gasteiger partial charge in [0.25, 0.3) is 0 Å². The second-order valence-corrected chi connectivity index (χ2v) is 8.37. The van der Waals surface area contributed by atoms with E-state index in [1.54, 1.807) is 5.57 Å². The summed E-state index contributed by atoms with van der Waals surface area (Å²) in [6.45, 7) is 7.25. The van der Waals surface area contributed by atoms with Crippen LogP contribution < -0.4 is 0 Å². The van der Waals surface area contributed by atoms with Crippen molar-refractivity contribution >= 4 is 5.78 Å². The zero-order valence-electron chi connectivity index (χ0n) is 13.5. The van der Waals surface area contributed by atoms with E-state index >= 15 is 0 Å². The predicted molar refractivity (Wildman–Crippen MR) is 85.8 cm³/mol. The SMILES string of the molecule is CC1(C)CCC2=C1CCC1C2CCC2=CC(=O)C=CC21C. The van der Waals surface area contributed by atoms with Crippen LogP contribution in [0.3, 0.4) is 0 Å². The Hall–Kier alpha value is -1.11. The molecule has 0 aromatic heterocycles. The first-order chi connectivity index (χ1) is 9.92. The Bertz CT molecular complexity index is 601. The van der Waals surface area contributed by atoms with Crippen molar-refractivity contribution in [1.29, 1.82) is 0 Å². The summed E-state index contributed by atoms with van der Waals surface area (Å²) in [7, 11) is 0. The van der Waals surface area contributed by atoms with Gasteiger partial charge in [0, 0.05) is 5.41 Å². The zero-order chi connectivity index (χ0) is 14.8. The first kappa shape index (κ1) is 13.5. The average molecular weight is 282 g/mol. The average Bonchev–Trinajstić information content (AvgIpc) is 2.76. The van der Waals surface area contributed by atoms with Gasteiger partial charge >= 0.3 is 0 Å². The van der Waals surface area contributed by atoms with Gasteiger partial charge in [-0.25, -0.2) is 0 Å². The molecule has 0 bridgehead atoms. The molecule has 4 aliphatic rings. The van der Waals surface area contributed by atoms with Gasteiger partial charge in [-0.1, -0.05) is 43.6 Å². The van der Waals surface area contributed by atoms with Crippen LogP contribution in [0.5, 0.6) is 0 Å². The van der Waals surface area contributed by atoms with Crippen molar-refractivity contribution in [3.05, 3.63) is 34.9 Å². The van der Waals surface area contributed by atoms with Crippen molar-refractivity contribution in [3.63, 3.8) is 0 Å². The lowest BCUT2D eigenvalue weighted by atomic mass is 9.53. The number of hydrogen-bond donors (Lipinski definition) is 0. The molecule has 112 valence electrons. The molecule has 4 rings (SSSR count). The smallest absolute Gasteiger partial charge is 0.178 e. The fourth-order valence-electron chi connectivity index (χ4n) is 5.68. The van der Waals surface area contributed by atoms with E-state index in [2.05, 4.69) is 26.8 Å². The summed E-state index contributed by atoms with van der Waals surface area (Å²) in [6, 6.07) is 0. The molecule has 0 saturated heterocycles. The highest BCUT2D eigenvalue weighted by Gasteiger charge is 2.50. The topological polar surface area (TPSA) is 17.1 Å². The standard InChI is InChI=1S/C20H26O/c1-19(2)10-9-16-15-5-4-13-12-14(21)8-11-20(13,3)18(15)7-6-17(16)19/h8,11-12,15,18H,4-7,9-10H2,1-3H3. The van der Waals surface area contributed by atoms with Gasteiger partial charge in [0.15, 0.2) is 5.78 Å². The highest BCUT2D eigenvalue weighted by molar-refractivity contribution is 6.01. The Morgan fingerprint density at radius 1 is 1.10 bits per heavy atom. The van der Waals surface area contributed by atoms with Crippen molar-refractivity contribution in [3.8, 4) is 0 Å². The molecular weight excluding hydrogens is 256 g/mol. The van der Waals surface area contributed by atoms with Crippen molar-refractivity contribution in [2.75, 3.05) is 0 Å². The maximum Gasteiger partial charge on any atom is 0.178 e. The number of allylic oxidation sites excluding steroid dienone is 6. The molecule has 0 spiro atoms. The van der Waals surface area contributed by atoms with E-state index in [0.717, 1.165) is 18.3 Å². The molecule has 0 heterocycles. The van der Waals surface area contributed by atoms with Crippen LogP contribution in [-0.4, -0.2) is 5.78 Å². The fraction of sp³-hybridized carbons (Fsp3) is 0.650. The molecule has 1 nitrogen and oxygen atoms in total. The van der Waals surface area contributed by atoms with E-state index in [1.807, 2.05) is 17.7 Å². The van der Waals surface area contributed by atoms with E-state index in [9.17, 15) is 4.79 Å². The summed E-state index contributed by atoms with van der Waals surface area (Å²) in [5.41, 5.74) is 5.58. The van der Waals surface area contributed by atoms with Gasteiger partial charge in [0.05, 0.1) is 0 Å². The summed E-state index contributed by atoms with van der Waals surface area (Å²) in [5.74, 6) is 1.68. The normalized spacial score (nSPS) is 40.5. The van der Waals surface area contributed by atoms with Crippen LogP contribution in [0.2, 0.25) is 0 Å². The Labute approximate surface area is 128 Å². The number of carbonyl (C=O) groups excluding carboxylic acids is 1. The minimum Gasteiger partial charge on any atom is -0.290 e. The number of ketones is 1. The second kappa shape index (κ2) is 4.21. The van der Waals surface area contributed by atoms with E-state index in [-0.39, 0.29) is 11.2 Å². The maximum atomic E-state index is 11.7. The van der Waals surface area contributed by atoms with Gasteiger partial charge in [-0.3, -0.25) is 4.79 Å². The molecule has 21 heavy (non-hydrogen) atoms. The van der Waals surface area contributed by atoms with E-state index in [0.29, 0.717) is 5.41 Å². The highest BCUT2D eigenvalue weighted by atomic mass is 16.1. The van der Waals surface area contributed by atoms with Gasteiger partial charge in [0.1, 0.15) is 0 Å².